The molecule has 0 aliphatic heterocycles. The van der Waals surface area contributed by atoms with Crippen LogP contribution in [0.5, 0.6) is 0 Å². The molecule has 0 aliphatic carbocycles. The first-order valence-corrected chi connectivity index (χ1v) is 2.72. The van der Waals surface area contributed by atoms with Gasteiger partial charge in [-0.05, 0) is 12.3 Å². The van der Waals surface area contributed by atoms with Gasteiger partial charge >= 0.3 is 0 Å². The van der Waals surface area contributed by atoms with E-state index >= 15 is 0 Å². The lowest BCUT2D eigenvalue weighted by molar-refractivity contribution is 0.827. The highest BCUT2D eigenvalue weighted by Gasteiger charge is 1.68. The molecule has 0 N–H and O–H groups in total. The summed E-state index contributed by atoms with van der Waals surface area (Å²) in [4.78, 5) is 0. The van der Waals surface area contributed by atoms with E-state index < -0.39 is 0 Å². The minimum absolute atomic E-state index is 0. The number of rotatable bonds is 0. The fourth-order valence-corrected chi connectivity index (χ4v) is 0. The maximum absolute atomic E-state index is 3.64. The largest absolute Gasteiger partial charge is 0.0683 e. The van der Waals surface area contributed by atoms with E-state index in [4.69, 9.17) is 0 Å². The Balaban J connectivity index is -0.0000000575. The lowest BCUT2D eigenvalue weighted by Gasteiger charge is -1.78. The summed E-state index contributed by atoms with van der Waals surface area (Å²) in [6.07, 6.45) is 2.00. The second-order valence-electron chi connectivity index (χ2n) is 1.97. The summed E-state index contributed by atoms with van der Waals surface area (Å²) in [6, 6.07) is 0. The second-order valence-corrected chi connectivity index (χ2v) is 1.97. The van der Waals surface area contributed by atoms with Crippen LogP contribution >= 0.6 is 0 Å². The molecule has 0 saturated carbocycles. The predicted octanol–water partition coefficient (Wildman–Crippen LogP) is 3.16. The Morgan fingerprint density at radius 2 is 1.25 bits per heavy atom. The van der Waals surface area contributed by atoms with Crippen molar-refractivity contribution >= 4 is 0 Å². The maximum Gasteiger partial charge on any atom is -0.0448 e. The van der Waals surface area contributed by atoms with E-state index in [1.165, 1.54) is 0 Å². The molecule has 0 heterocycles. The first-order chi connectivity index (χ1) is 3.15. The Bertz CT molecular complexity index is 11.2. The summed E-state index contributed by atoms with van der Waals surface area (Å²) in [5.74, 6) is 0.583. The van der Waals surface area contributed by atoms with Crippen molar-refractivity contribution in [2.45, 2.75) is 27.7 Å². The highest BCUT2D eigenvalue weighted by molar-refractivity contribution is 4.38. The van der Waals surface area contributed by atoms with Gasteiger partial charge in [-0.3, -0.25) is 0 Å². The average Bonchev–Trinajstić information content (AvgIpc) is 1.33. The molecule has 3 radical (unpaired) electrons. The van der Waals surface area contributed by atoms with Gasteiger partial charge in [0.2, 0.25) is 0 Å². The molecule has 8 heavy (non-hydrogen) atoms. The molecular weight excluding hydrogens is 96.1 g/mol. The van der Waals surface area contributed by atoms with Crippen molar-refractivity contribution in [2.24, 2.45) is 5.92 Å². The monoisotopic (exact) mass is 115 g/mol. The molecule has 0 heteroatoms. The smallest absolute Gasteiger partial charge is 0.0448 e. The van der Waals surface area contributed by atoms with Gasteiger partial charge < -0.3 is 0 Å². The molecule has 0 amide bonds. The lowest BCUT2D eigenvalue weighted by atomic mass is 10.3. The number of hydrogen-bond acceptors (Lipinski definition) is 0. The number of hydrogen-bond donors (Lipinski definition) is 0. The summed E-state index contributed by atoms with van der Waals surface area (Å²) in [5, 5.41) is 0. The van der Waals surface area contributed by atoms with Crippen molar-refractivity contribution in [3.63, 3.8) is 0 Å². The molecule has 0 aromatic carbocycles. The van der Waals surface area contributed by atoms with E-state index in [1.54, 1.807) is 0 Å². The van der Waals surface area contributed by atoms with E-state index in [0.717, 1.165) is 0 Å². The van der Waals surface area contributed by atoms with Gasteiger partial charge in [0.15, 0.2) is 0 Å². The van der Waals surface area contributed by atoms with Crippen LogP contribution in [-0.4, -0.2) is 0 Å². The summed E-state index contributed by atoms with van der Waals surface area (Å²) < 4.78 is 0. The Morgan fingerprint density at radius 3 is 1.25 bits per heavy atom. The zero-order chi connectivity index (χ0) is 6.28. The predicted molar refractivity (Wildman–Crippen MR) is 42.3 cm³/mol. The first-order valence-electron chi connectivity index (χ1n) is 2.72. The molecule has 0 nitrogen and oxygen atoms in total. The van der Waals surface area contributed by atoms with E-state index in [9.17, 15) is 0 Å². The van der Waals surface area contributed by atoms with Crippen LogP contribution in [0.4, 0.5) is 0 Å². The van der Waals surface area contributed by atoms with E-state index in [-0.39, 0.29) is 7.43 Å². The minimum Gasteiger partial charge on any atom is -0.0683 e. The van der Waals surface area contributed by atoms with Gasteiger partial charge in [-0.15, -0.1) is 0 Å². The molecule has 0 aliphatic rings. The first kappa shape index (κ1) is 15.7. The lowest BCUT2D eigenvalue weighted by Crippen LogP contribution is -1.67. The zero-order valence-corrected chi connectivity index (χ0v) is 6.86. The standard InChI is InChI=1S/C4H9.C3H7.CH3/c1-4(2)3;1-3-2;/h4H,1H2,2-3H3;3H,1-2H3;1H3. The topological polar surface area (TPSA) is 0 Å². The molecule has 0 aromatic heterocycles. The Labute approximate surface area is 55.3 Å². The Kier molecular flexibility index (Phi) is 30.9. The van der Waals surface area contributed by atoms with Crippen molar-refractivity contribution in [3.05, 3.63) is 20.8 Å². The van der Waals surface area contributed by atoms with Crippen LogP contribution in [0.15, 0.2) is 0 Å². The summed E-state index contributed by atoms with van der Waals surface area (Å²) in [6.45, 7) is 11.8. The van der Waals surface area contributed by atoms with E-state index in [1.807, 2.05) is 20.3 Å². The third-order valence-electron chi connectivity index (χ3n) is 0. The Hall–Kier alpha value is 0. The van der Waals surface area contributed by atoms with Crippen molar-refractivity contribution in [1.29, 1.82) is 0 Å². The highest BCUT2D eigenvalue weighted by atomic mass is 13.7. The molecule has 0 saturated heterocycles. The quantitative estimate of drug-likeness (QED) is 0.455. The summed E-state index contributed by atoms with van der Waals surface area (Å²) in [7, 11) is 0. The van der Waals surface area contributed by atoms with Gasteiger partial charge in [0, 0.05) is 0 Å². The maximum atomic E-state index is 3.64. The van der Waals surface area contributed by atoms with E-state index in [2.05, 4.69) is 20.8 Å². The molecule has 0 atom stereocenters. The molecule has 0 fully saturated rings. The molecule has 0 bridgehead atoms. The van der Waals surface area contributed by atoms with Crippen LogP contribution in [0.25, 0.3) is 0 Å². The third-order valence-corrected chi connectivity index (χ3v) is 0. The molecule has 0 unspecified atom stereocenters. The molecule has 0 rings (SSSR count). The third kappa shape index (κ3) is 0. The molecule has 0 aromatic rings. The van der Waals surface area contributed by atoms with Crippen LogP contribution in [0.3, 0.4) is 0 Å². The van der Waals surface area contributed by atoms with Crippen LogP contribution in [-0.2, 0) is 0 Å². The van der Waals surface area contributed by atoms with Gasteiger partial charge in [0.05, 0.1) is 0 Å². The van der Waals surface area contributed by atoms with Crippen LogP contribution in [0.2, 0.25) is 0 Å². The van der Waals surface area contributed by atoms with E-state index in [0.29, 0.717) is 5.92 Å². The van der Waals surface area contributed by atoms with Gasteiger partial charge in [-0.1, -0.05) is 42.0 Å². The van der Waals surface area contributed by atoms with Gasteiger partial charge in [-0.2, -0.15) is 0 Å². The fraction of sp³-hybridized carbons (Fsp3) is 0.625. The van der Waals surface area contributed by atoms with Crippen molar-refractivity contribution < 1.29 is 0 Å². The summed E-state index contributed by atoms with van der Waals surface area (Å²) in [5.41, 5.74) is 0. The second kappa shape index (κ2) is 15.8. The van der Waals surface area contributed by atoms with Crippen LogP contribution in [0.1, 0.15) is 27.7 Å². The van der Waals surface area contributed by atoms with Crippen LogP contribution < -0.4 is 0 Å². The van der Waals surface area contributed by atoms with Gasteiger partial charge in [0.1, 0.15) is 0 Å². The van der Waals surface area contributed by atoms with Gasteiger partial charge in [0.25, 0.3) is 0 Å². The highest BCUT2D eigenvalue weighted by Crippen LogP contribution is 1.80. The van der Waals surface area contributed by atoms with Crippen LogP contribution in [0, 0.1) is 26.7 Å². The van der Waals surface area contributed by atoms with Crippen molar-refractivity contribution in [2.75, 3.05) is 0 Å². The van der Waals surface area contributed by atoms with Crippen molar-refractivity contribution in [1.82, 2.24) is 0 Å². The molecular formula is C8H19. The Morgan fingerprint density at radius 1 is 1.25 bits per heavy atom. The summed E-state index contributed by atoms with van der Waals surface area (Å²) >= 11 is 0. The fourth-order valence-electron chi connectivity index (χ4n) is 0. The minimum atomic E-state index is 0. The SMILES string of the molecule is C[CH]C.[CH2]C(C)C.[CH3]. The molecule has 51 valence electrons. The average molecular weight is 115 g/mol. The molecule has 0 spiro atoms. The van der Waals surface area contributed by atoms with Gasteiger partial charge in [-0.25, -0.2) is 0 Å². The normalized spacial score (nSPS) is 6.75. The van der Waals surface area contributed by atoms with Crippen molar-refractivity contribution in [3.8, 4) is 0 Å². The zero-order valence-electron chi connectivity index (χ0n) is 6.86.